The van der Waals surface area contributed by atoms with Crippen LogP contribution in [0.2, 0.25) is 0 Å². The molecule has 0 saturated heterocycles. The number of fused-ring (bicyclic) bond motifs is 1. The van der Waals surface area contributed by atoms with Gasteiger partial charge in [0.15, 0.2) is 0 Å². The Kier molecular flexibility index (Phi) is 9.69. The molecule has 0 unspecified atom stereocenters. The molecule has 0 amide bonds. The molecule has 0 aliphatic heterocycles. The van der Waals surface area contributed by atoms with Gasteiger partial charge in [-0.15, -0.1) is 11.3 Å². The number of para-hydroxylation sites is 1. The number of benzene rings is 2. The molecule has 0 atom stereocenters. The lowest BCUT2D eigenvalue weighted by atomic mass is 10.0. The highest BCUT2D eigenvalue weighted by atomic mass is 32.1. The van der Waals surface area contributed by atoms with Crippen LogP contribution in [0.5, 0.6) is 0 Å². The maximum absolute atomic E-state index is 4.53. The highest BCUT2D eigenvalue weighted by Crippen LogP contribution is 2.26. The third-order valence-electron chi connectivity index (χ3n) is 4.62. The fourth-order valence-electron chi connectivity index (χ4n) is 2.69. The number of aromatic nitrogens is 2. The van der Waals surface area contributed by atoms with Crippen molar-refractivity contribution in [3.63, 3.8) is 0 Å². The Morgan fingerprint density at radius 3 is 1.70 bits per heavy atom. The van der Waals surface area contributed by atoms with Crippen molar-refractivity contribution in [3.8, 4) is 0 Å². The minimum Gasteiger partial charge on any atom is -0.264 e. The van der Waals surface area contributed by atoms with Gasteiger partial charge in [0.05, 0.1) is 15.2 Å². The van der Waals surface area contributed by atoms with Crippen LogP contribution in [0, 0.1) is 0 Å². The van der Waals surface area contributed by atoms with E-state index in [0.29, 0.717) is 17.8 Å². The quantitative estimate of drug-likeness (QED) is 0.333. The normalized spacial score (nSPS) is 10.6. The minimum absolute atomic E-state index is 0.544. The van der Waals surface area contributed by atoms with E-state index in [-0.39, 0.29) is 0 Å². The number of pyridine rings is 1. The first kappa shape index (κ1) is 23.8. The Balaban J connectivity index is 0.000000163. The SMILES string of the molecule is CC(C)c1ccccc1.CC(C)c1cccnc1.CC(C)c1nc2ccccc2s1. The van der Waals surface area contributed by atoms with Gasteiger partial charge in [-0.05, 0) is 41.2 Å². The van der Waals surface area contributed by atoms with E-state index in [1.165, 1.54) is 20.8 Å². The smallest absolute Gasteiger partial charge is 0.0963 e. The molecule has 2 heterocycles. The predicted octanol–water partition coefficient (Wildman–Crippen LogP) is 8.43. The molecule has 0 radical (unpaired) electrons. The largest absolute Gasteiger partial charge is 0.264 e. The Labute approximate surface area is 186 Å². The summed E-state index contributed by atoms with van der Waals surface area (Å²) < 4.78 is 1.29. The van der Waals surface area contributed by atoms with E-state index in [1.54, 1.807) is 17.5 Å². The van der Waals surface area contributed by atoms with E-state index < -0.39 is 0 Å². The van der Waals surface area contributed by atoms with Crippen LogP contribution in [-0.2, 0) is 0 Å². The molecule has 0 bridgehead atoms. The first-order chi connectivity index (χ1) is 14.4. The van der Waals surface area contributed by atoms with E-state index >= 15 is 0 Å². The van der Waals surface area contributed by atoms with Crippen LogP contribution in [0.4, 0.5) is 0 Å². The van der Waals surface area contributed by atoms with Crippen molar-refractivity contribution in [2.75, 3.05) is 0 Å². The maximum Gasteiger partial charge on any atom is 0.0963 e. The van der Waals surface area contributed by atoms with Crippen LogP contribution < -0.4 is 0 Å². The van der Waals surface area contributed by atoms with Gasteiger partial charge < -0.3 is 0 Å². The van der Waals surface area contributed by atoms with Gasteiger partial charge in [0.25, 0.3) is 0 Å². The summed E-state index contributed by atoms with van der Waals surface area (Å²) >= 11 is 1.79. The van der Waals surface area contributed by atoms with Crippen LogP contribution in [0.3, 0.4) is 0 Å². The topological polar surface area (TPSA) is 25.8 Å². The third kappa shape index (κ3) is 7.72. The van der Waals surface area contributed by atoms with Gasteiger partial charge in [-0.1, -0.05) is 90.1 Å². The molecule has 30 heavy (non-hydrogen) atoms. The van der Waals surface area contributed by atoms with E-state index in [4.69, 9.17) is 0 Å². The molecule has 2 aromatic heterocycles. The predicted molar refractivity (Wildman–Crippen MR) is 133 cm³/mol. The molecule has 2 nitrogen and oxygen atoms in total. The number of hydrogen-bond donors (Lipinski definition) is 0. The Morgan fingerprint density at radius 1 is 0.633 bits per heavy atom. The van der Waals surface area contributed by atoms with E-state index in [0.717, 1.165) is 5.52 Å². The molecule has 2 aromatic carbocycles. The van der Waals surface area contributed by atoms with Crippen LogP contribution >= 0.6 is 11.3 Å². The molecule has 4 rings (SSSR count). The highest BCUT2D eigenvalue weighted by Gasteiger charge is 2.05. The lowest BCUT2D eigenvalue weighted by Crippen LogP contribution is -1.85. The second kappa shape index (κ2) is 12.2. The first-order valence-corrected chi connectivity index (χ1v) is 11.5. The van der Waals surface area contributed by atoms with Crippen LogP contribution in [0.25, 0.3) is 10.2 Å². The summed E-state index contributed by atoms with van der Waals surface area (Å²) in [6.07, 6.45) is 3.70. The number of nitrogens with zero attached hydrogens (tertiary/aromatic N) is 2. The molecular weight excluding hydrogens is 384 g/mol. The van der Waals surface area contributed by atoms with E-state index in [1.807, 2.05) is 24.4 Å². The highest BCUT2D eigenvalue weighted by molar-refractivity contribution is 7.18. The van der Waals surface area contributed by atoms with Gasteiger partial charge in [-0.25, -0.2) is 4.98 Å². The van der Waals surface area contributed by atoms with Crippen LogP contribution in [0.15, 0.2) is 79.1 Å². The van der Waals surface area contributed by atoms with E-state index in [2.05, 4.69) is 100 Å². The van der Waals surface area contributed by atoms with Crippen molar-refractivity contribution in [2.45, 2.75) is 59.3 Å². The molecule has 0 saturated carbocycles. The van der Waals surface area contributed by atoms with Crippen LogP contribution in [0.1, 0.15) is 75.4 Å². The fourth-order valence-corrected chi connectivity index (χ4v) is 3.66. The summed E-state index contributed by atoms with van der Waals surface area (Å²) in [7, 11) is 0. The average Bonchev–Trinajstić information content (AvgIpc) is 3.21. The monoisotopic (exact) mass is 418 g/mol. The second-order valence-electron chi connectivity index (χ2n) is 8.18. The van der Waals surface area contributed by atoms with Crippen LogP contribution in [-0.4, -0.2) is 9.97 Å². The fraction of sp³-hybridized carbons (Fsp3) is 0.333. The Morgan fingerprint density at radius 2 is 1.23 bits per heavy atom. The van der Waals surface area contributed by atoms with Gasteiger partial charge in [-0.3, -0.25) is 4.98 Å². The molecule has 0 spiro atoms. The molecule has 0 aliphatic carbocycles. The zero-order valence-electron chi connectivity index (χ0n) is 19.0. The lowest BCUT2D eigenvalue weighted by Gasteiger charge is -2.01. The molecule has 4 aromatic rings. The molecule has 0 fully saturated rings. The second-order valence-corrected chi connectivity index (χ2v) is 9.24. The standard InChI is InChI=1S/C10H11NS.C9H12.C8H11N/c1-7(2)10-11-8-5-3-4-6-9(8)12-10;1-8(2)9-6-4-3-5-7-9;1-7(2)8-4-3-5-9-6-8/h3-7H,1-2H3;3-8H,1-2H3;3-7H,1-2H3. The first-order valence-electron chi connectivity index (χ1n) is 10.7. The van der Waals surface area contributed by atoms with Gasteiger partial charge in [0, 0.05) is 18.3 Å². The summed E-state index contributed by atoms with van der Waals surface area (Å²) in [4.78, 5) is 8.54. The zero-order valence-corrected chi connectivity index (χ0v) is 19.9. The van der Waals surface area contributed by atoms with Gasteiger partial charge >= 0.3 is 0 Å². The summed E-state index contributed by atoms with van der Waals surface area (Å²) in [6.45, 7) is 13.1. The molecular formula is C27H34N2S. The Hall–Kier alpha value is -2.52. The van der Waals surface area contributed by atoms with Gasteiger partial charge in [-0.2, -0.15) is 0 Å². The van der Waals surface area contributed by atoms with Crippen molar-refractivity contribution in [1.29, 1.82) is 0 Å². The summed E-state index contributed by atoms with van der Waals surface area (Å²) in [5, 5.41) is 1.23. The van der Waals surface area contributed by atoms with Crippen molar-refractivity contribution >= 4 is 21.6 Å². The number of thiazole rings is 1. The molecule has 158 valence electrons. The summed E-state index contributed by atoms with van der Waals surface area (Å²) in [5.74, 6) is 1.80. The number of hydrogen-bond acceptors (Lipinski definition) is 3. The summed E-state index contributed by atoms with van der Waals surface area (Å²) in [6, 6.07) is 22.9. The van der Waals surface area contributed by atoms with Crippen molar-refractivity contribution < 1.29 is 0 Å². The van der Waals surface area contributed by atoms with E-state index in [9.17, 15) is 0 Å². The van der Waals surface area contributed by atoms with Gasteiger partial charge in [0.2, 0.25) is 0 Å². The molecule has 0 aliphatic rings. The lowest BCUT2D eigenvalue weighted by molar-refractivity contribution is 0.857. The third-order valence-corrected chi connectivity index (χ3v) is 5.96. The Bertz CT molecular complexity index is 897. The maximum atomic E-state index is 4.53. The minimum atomic E-state index is 0.544. The van der Waals surface area contributed by atoms with Crippen molar-refractivity contribution in [3.05, 3.63) is 95.3 Å². The van der Waals surface area contributed by atoms with Crippen molar-refractivity contribution in [1.82, 2.24) is 9.97 Å². The average molecular weight is 419 g/mol. The zero-order chi connectivity index (χ0) is 21.9. The number of rotatable bonds is 3. The van der Waals surface area contributed by atoms with Crippen molar-refractivity contribution in [2.24, 2.45) is 0 Å². The molecule has 3 heteroatoms. The van der Waals surface area contributed by atoms with Gasteiger partial charge in [0.1, 0.15) is 0 Å². The summed E-state index contributed by atoms with van der Waals surface area (Å²) in [5.41, 5.74) is 3.85. The molecule has 0 N–H and O–H groups in total.